The van der Waals surface area contributed by atoms with Crippen molar-refractivity contribution in [2.24, 2.45) is 0 Å². The highest BCUT2D eigenvalue weighted by Crippen LogP contribution is 2.25. The van der Waals surface area contributed by atoms with Gasteiger partial charge in [0.1, 0.15) is 11.8 Å². The van der Waals surface area contributed by atoms with Gasteiger partial charge in [0, 0.05) is 24.9 Å². The number of carbonyl (C=O) groups excluding carboxylic acids is 2. The number of halogens is 3. The van der Waals surface area contributed by atoms with E-state index in [-0.39, 0.29) is 17.6 Å². The maximum absolute atomic E-state index is 13.3. The first-order valence-corrected chi connectivity index (χ1v) is 13.7. The predicted octanol–water partition coefficient (Wildman–Crippen LogP) is 5.57. The average molecular weight is 582 g/mol. The van der Waals surface area contributed by atoms with Crippen molar-refractivity contribution in [2.75, 3.05) is 42.5 Å². The molecular weight excluding hydrogens is 547 g/mol. The Morgan fingerprint density at radius 3 is 2.29 bits per heavy atom. The van der Waals surface area contributed by atoms with Gasteiger partial charge in [-0.15, -0.1) is 13.2 Å². The van der Waals surface area contributed by atoms with E-state index in [9.17, 15) is 22.8 Å². The van der Waals surface area contributed by atoms with E-state index in [0.29, 0.717) is 29.2 Å². The largest absolute Gasteiger partial charge is 0.573 e. The smallest absolute Gasteiger partial charge is 0.406 e. The standard InChI is InChI=1S/C31H34F3N5O3/c32-31(33,34)42-25-15-13-24(14-16-25)37-30(41)29(36-18-21-39-19-4-1-5-20-39)23-11-8-22(9-12-23)10-17-28(40)38-27-7-3-2-6-26(27)35/h2-3,6-17,29,36H,1,4-5,18-21,35H2,(H,37,41)(H,38,40). The molecule has 2 amide bonds. The number of nitrogen functional groups attached to an aromatic ring is 1. The number of para-hydroxylation sites is 2. The zero-order valence-electron chi connectivity index (χ0n) is 23.0. The third-order valence-electron chi connectivity index (χ3n) is 6.76. The van der Waals surface area contributed by atoms with Gasteiger partial charge in [0.25, 0.3) is 0 Å². The molecule has 0 spiro atoms. The molecule has 42 heavy (non-hydrogen) atoms. The quantitative estimate of drug-likeness (QED) is 0.174. The van der Waals surface area contributed by atoms with Crippen LogP contribution < -0.4 is 26.4 Å². The molecule has 222 valence electrons. The van der Waals surface area contributed by atoms with Crippen LogP contribution in [0.1, 0.15) is 36.4 Å². The molecule has 5 N–H and O–H groups in total. The molecule has 3 aromatic rings. The van der Waals surface area contributed by atoms with Gasteiger partial charge in [-0.1, -0.05) is 42.8 Å². The fraction of sp³-hybridized carbons (Fsp3) is 0.290. The van der Waals surface area contributed by atoms with Crippen LogP contribution in [0.2, 0.25) is 0 Å². The highest BCUT2D eigenvalue weighted by atomic mass is 19.4. The highest BCUT2D eigenvalue weighted by molar-refractivity contribution is 6.03. The summed E-state index contributed by atoms with van der Waals surface area (Å²) in [5.74, 6) is -1.07. The number of benzene rings is 3. The second kappa shape index (κ2) is 14.5. The maximum Gasteiger partial charge on any atom is 0.573 e. The van der Waals surface area contributed by atoms with Crippen molar-refractivity contribution < 1.29 is 27.5 Å². The summed E-state index contributed by atoms with van der Waals surface area (Å²) < 4.78 is 41.4. The SMILES string of the molecule is Nc1ccccc1NC(=O)C=Cc1ccc(C(NCCN2CCCCC2)C(=O)Nc2ccc(OC(F)(F)F)cc2)cc1. The summed E-state index contributed by atoms with van der Waals surface area (Å²) in [7, 11) is 0. The summed E-state index contributed by atoms with van der Waals surface area (Å²) in [4.78, 5) is 28.0. The Balaban J connectivity index is 1.42. The summed E-state index contributed by atoms with van der Waals surface area (Å²) in [6.07, 6.45) is 1.80. The number of ether oxygens (including phenoxy) is 1. The second-order valence-electron chi connectivity index (χ2n) is 9.93. The van der Waals surface area contributed by atoms with E-state index in [1.807, 2.05) is 0 Å². The number of nitrogens with one attached hydrogen (secondary N) is 3. The number of alkyl halides is 3. The van der Waals surface area contributed by atoms with Gasteiger partial charge in [0.15, 0.2) is 0 Å². The van der Waals surface area contributed by atoms with E-state index >= 15 is 0 Å². The summed E-state index contributed by atoms with van der Waals surface area (Å²) in [6.45, 7) is 3.41. The van der Waals surface area contributed by atoms with Gasteiger partial charge < -0.3 is 31.3 Å². The van der Waals surface area contributed by atoms with Crippen molar-refractivity contribution in [2.45, 2.75) is 31.7 Å². The molecule has 4 rings (SSSR count). The molecule has 3 aromatic carbocycles. The summed E-state index contributed by atoms with van der Waals surface area (Å²) in [5, 5.41) is 8.83. The van der Waals surface area contributed by atoms with Crippen molar-refractivity contribution in [1.29, 1.82) is 0 Å². The van der Waals surface area contributed by atoms with Crippen LogP contribution in [0.3, 0.4) is 0 Å². The Morgan fingerprint density at radius 2 is 1.62 bits per heavy atom. The molecule has 0 aromatic heterocycles. The van der Waals surface area contributed by atoms with E-state index in [2.05, 4.69) is 25.6 Å². The number of carbonyl (C=O) groups is 2. The first-order chi connectivity index (χ1) is 20.2. The molecule has 8 nitrogen and oxygen atoms in total. The third kappa shape index (κ3) is 9.64. The van der Waals surface area contributed by atoms with E-state index in [4.69, 9.17) is 5.73 Å². The van der Waals surface area contributed by atoms with E-state index < -0.39 is 12.4 Å². The van der Waals surface area contributed by atoms with Crippen molar-refractivity contribution in [1.82, 2.24) is 10.2 Å². The predicted molar refractivity (Wildman–Crippen MR) is 158 cm³/mol. The molecule has 1 heterocycles. The Hall–Kier alpha value is -4.35. The molecule has 11 heteroatoms. The van der Waals surface area contributed by atoms with Crippen LogP contribution in [-0.2, 0) is 9.59 Å². The third-order valence-corrected chi connectivity index (χ3v) is 6.76. The topological polar surface area (TPSA) is 109 Å². The lowest BCUT2D eigenvalue weighted by atomic mass is 10.0. The number of rotatable bonds is 11. The molecular formula is C31H34F3N5O3. The number of piperidine rings is 1. The lowest BCUT2D eigenvalue weighted by Crippen LogP contribution is -2.40. The number of nitrogens with two attached hydrogens (primary N) is 1. The molecule has 1 fully saturated rings. The number of anilines is 3. The minimum Gasteiger partial charge on any atom is -0.406 e. The van der Waals surface area contributed by atoms with Crippen molar-refractivity contribution in [3.8, 4) is 5.75 Å². The molecule has 0 saturated carbocycles. The Kier molecular flexibility index (Phi) is 10.6. The summed E-state index contributed by atoms with van der Waals surface area (Å²) in [5.41, 5.74) is 8.64. The van der Waals surface area contributed by atoms with Gasteiger partial charge in [-0.25, -0.2) is 0 Å². The van der Waals surface area contributed by atoms with Crippen LogP contribution in [0.25, 0.3) is 6.08 Å². The average Bonchev–Trinajstić information content (AvgIpc) is 2.97. The van der Waals surface area contributed by atoms with Crippen LogP contribution in [0.4, 0.5) is 30.2 Å². The molecule has 1 saturated heterocycles. The van der Waals surface area contributed by atoms with Crippen molar-refractivity contribution in [3.05, 3.63) is 90.0 Å². The second-order valence-corrected chi connectivity index (χ2v) is 9.93. The van der Waals surface area contributed by atoms with Gasteiger partial charge in [0.05, 0.1) is 11.4 Å². The van der Waals surface area contributed by atoms with Crippen LogP contribution >= 0.6 is 0 Å². The monoisotopic (exact) mass is 581 g/mol. The molecule has 1 aliphatic rings. The summed E-state index contributed by atoms with van der Waals surface area (Å²) >= 11 is 0. The molecule has 1 atom stereocenters. The first-order valence-electron chi connectivity index (χ1n) is 13.7. The highest BCUT2D eigenvalue weighted by Gasteiger charge is 2.31. The first kappa shape index (κ1) is 30.6. The molecule has 0 bridgehead atoms. The summed E-state index contributed by atoms with van der Waals surface area (Å²) in [6, 6.07) is 18.4. The lowest BCUT2D eigenvalue weighted by molar-refractivity contribution is -0.274. The number of amides is 2. The van der Waals surface area contributed by atoms with Crippen LogP contribution in [0.5, 0.6) is 5.75 Å². The maximum atomic E-state index is 13.3. The zero-order valence-corrected chi connectivity index (χ0v) is 23.0. The molecule has 0 aliphatic carbocycles. The van der Waals surface area contributed by atoms with E-state index in [1.54, 1.807) is 54.6 Å². The number of hydrogen-bond donors (Lipinski definition) is 4. The lowest BCUT2D eigenvalue weighted by Gasteiger charge is -2.27. The Labute approximate surface area is 242 Å². The minimum absolute atomic E-state index is 0.333. The Morgan fingerprint density at radius 1 is 0.929 bits per heavy atom. The fourth-order valence-corrected chi connectivity index (χ4v) is 4.62. The fourth-order valence-electron chi connectivity index (χ4n) is 4.62. The van der Waals surface area contributed by atoms with Gasteiger partial charge in [-0.05, 0) is 79.5 Å². The number of likely N-dealkylation sites (tertiary alicyclic amines) is 1. The number of hydrogen-bond acceptors (Lipinski definition) is 6. The molecule has 1 aliphatic heterocycles. The Bertz CT molecular complexity index is 1360. The number of nitrogens with zero attached hydrogens (tertiary/aromatic N) is 1. The van der Waals surface area contributed by atoms with Crippen LogP contribution in [-0.4, -0.2) is 49.3 Å². The van der Waals surface area contributed by atoms with Gasteiger partial charge in [0.2, 0.25) is 11.8 Å². The van der Waals surface area contributed by atoms with Crippen LogP contribution in [0.15, 0.2) is 78.9 Å². The zero-order chi connectivity index (χ0) is 30.0. The molecule has 1 unspecified atom stereocenters. The normalized spacial score (nSPS) is 14.8. The van der Waals surface area contributed by atoms with Gasteiger partial charge in [-0.3, -0.25) is 9.59 Å². The van der Waals surface area contributed by atoms with Gasteiger partial charge >= 0.3 is 6.36 Å². The van der Waals surface area contributed by atoms with Crippen LogP contribution in [0, 0.1) is 0 Å². The minimum atomic E-state index is -4.80. The molecule has 0 radical (unpaired) electrons. The van der Waals surface area contributed by atoms with Gasteiger partial charge in [-0.2, -0.15) is 0 Å². The van der Waals surface area contributed by atoms with E-state index in [0.717, 1.165) is 50.2 Å². The van der Waals surface area contributed by atoms with E-state index in [1.165, 1.54) is 24.6 Å². The van der Waals surface area contributed by atoms with Crippen molar-refractivity contribution >= 4 is 35.0 Å². The van der Waals surface area contributed by atoms with Crippen molar-refractivity contribution in [3.63, 3.8) is 0 Å².